The molecule has 126 valence electrons. The fraction of sp³-hybridized carbons (Fsp3) is 0.167. The van der Waals surface area contributed by atoms with Gasteiger partial charge in [-0.05, 0) is 43.2 Å². The molecule has 0 saturated carbocycles. The van der Waals surface area contributed by atoms with E-state index in [2.05, 4.69) is 15.1 Å². The average Bonchev–Trinajstić information content (AvgIpc) is 2.95. The Morgan fingerprint density at radius 2 is 1.80 bits per heavy atom. The summed E-state index contributed by atoms with van der Waals surface area (Å²) in [6.07, 6.45) is 0.860. The number of benzene rings is 1. The summed E-state index contributed by atoms with van der Waals surface area (Å²) in [5, 5.41) is 4.94. The number of pyridine rings is 1. The van der Waals surface area contributed by atoms with E-state index in [0.717, 1.165) is 28.8 Å². The van der Waals surface area contributed by atoms with Crippen LogP contribution < -0.4 is 0 Å². The Balaban J connectivity index is 2.00. The molecule has 25 heavy (non-hydrogen) atoms. The molecular formula is C18H13F3N4. The molecule has 0 aliphatic carbocycles. The number of fused-ring (bicyclic) bond motifs is 2. The molecule has 3 heterocycles. The van der Waals surface area contributed by atoms with E-state index in [1.165, 1.54) is 6.07 Å². The molecule has 3 aromatic heterocycles. The zero-order valence-electron chi connectivity index (χ0n) is 13.5. The molecule has 0 amide bonds. The summed E-state index contributed by atoms with van der Waals surface area (Å²) in [4.78, 5) is 8.68. The normalized spacial score (nSPS) is 12.2. The lowest BCUT2D eigenvalue weighted by Crippen LogP contribution is -2.04. The number of aryl methyl sites for hydroxylation is 2. The molecule has 0 radical (unpaired) electrons. The number of rotatable bonds is 1. The molecular weight excluding hydrogens is 329 g/mol. The largest absolute Gasteiger partial charge is 0.416 e. The highest BCUT2D eigenvalue weighted by molar-refractivity contribution is 5.98. The van der Waals surface area contributed by atoms with Crippen LogP contribution in [-0.4, -0.2) is 19.6 Å². The summed E-state index contributed by atoms with van der Waals surface area (Å²) >= 11 is 0. The first-order valence-electron chi connectivity index (χ1n) is 7.62. The van der Waals surface area contributed by atoms with E-state index in [-0.39, 0.29) is 0 Å². The van der Waals surface area contributed by atoms with E-state index >= 15 is 0 Å². The summed E-state index contributed by atoms with van der Waals surface area (Å²) in [5.74, 6) is 0. The SMILES string of the molecule is Cc1cnc2c(-c3cc(C)nc4cc(C(F)(F)F)ccc34)cnn2c1. The van der Waals surface area contributed by atoms with Crippen molar-refractivity contribution in [3.05, 3.63) is 59.7 Å². The molecule has 7 heteroatoms. The third kappa shape index (κ3) is 2.61. The zero-order chi connectivity index (χ0) is 17.8. The Labute approximate surface area is 141 Å². The van der Waals surface area contributed by atoms with Crippen LogP contribution in [0.4, 0.5) is 13.2 Å². The van der Waals surface area contributed by atoms with Crippen LogP contribution in [0.1, 0.15) is 16.8 Å². The van der Waals surface area contributed by atoms with Crippen LogP contribution in [0, 0.1) is 13.8 Å². The molecule has 0 aliphatic rings. The Bertz CT molecular complexity index is 1110. The minimum absolute atomic E-state index is 0.302. The van der Waals surface area contributed by atoms with Gasteiger partial charge < -0.3 is 0 Å². The van der Waals surface area contributed by atoms with Gasteiger partial charge >= 0.3 is 6.18 Å². The Hall–Kier alpha value is -2.96. The summed E-state index contributed by atoms with van der Waals surface area (Å²) in [6.45, 7) is 3.67. The molecule has 0 aliphatic heterocycles. The number of halogens is 3. The van der Waals surface area contributed by atoms with E-state index < -0.39 is 11.7 Å². The second-order valence-electron chi connectivity index (χ2n) is 6.00. The lowest BCUT2D eigenvalue weighted by molar-refractivity contribution is -0.137. The topological polar surface area (TPSA) is 43.1 Å². The average molecular weight is 342 g/mol. The minimum atomic E-state index is -4.40. The lowest BCUT2D eigenvalue weighted by atomic mass is 10.0. The smallest absolute Gasteiger partial charge is 0.253 e. The maximum Gasteiger partial charge on any atom is 0.416 e. The molecule has 0 saturated heterocycles. The van der Waals surface area contributed by atoms with Crippen molar-refractivity contribution in [2.45, 2.75) is 20.0 Å². The second-order valence-corrected chi connectivity index (χ2v) is 6.00. The molecule has 0 fully saturated rings. The van der Waals surface area contributed by atoms with Gasteiger partial charge in [-0.15, -0.1) is 0 Å². The molecule has 0 atom stereocenters. The van der Waals surface area contributed by atoms with Crippen LogP contribution in [0.5, 0.6) is 0 Å². The summed E-state index contributed by atoms with van der Waals surface area (Å²) in [6, 6.07) is 5.45. The van der Waals surface area contributed by atoms with Gasteiger partial charge in [-0.3, -0.25) is 4.98 Å². The molecule has 0 unspecified atom stereocenters. The van der Waals surface area contributed by atoms with Gasteiger partial charge in [-0.2, -0.15) is 18.3 Å². The first kappa shape index (κ1) is 15.6. The van der Waals surface area contributed by atoms with E-state index in [4.69, 9.17) is 0 Å². The van der Waals surface area contributed by atoms with Crippen LogP contribution in [0.15, 0.2) is 42.9 Å². The summed E-state index contributed by atoms with van der Waals surface area (Å²) < 4.78 is 40.6. The number of hydrogen-bond donors (Lipinski definition) is 0. The molecule has 0 bridgehead atoms. The van der Waals surface area contributed by atoms with Crippen molar-refractivity contribution in [2.75, 3.05) is 0 Å². The van der Waals surface area contributed by atoms with Gasteiger partial charge in [0.25, 0.3) is 0 Å². The van der Waals surface area contributed by atoms with Crippen molar-refractivity contribution >= 4 is 16.6 Å². The molecule has 4 nitrogen and oxygen atoms in total. The maximum atomic E-state index is 13.0. The zero-order valence-corrected chi connectivity index (χ0v) is 13.5. The first-order valence-corrected chi connectivity index (χ1v) is 7.62. The lowest BCUT2D eigenvalue weighted by Gasteiger charge is -2.10. The maximum absolute atomic E-state index is 13.0. The van der Waals surface area contributed by atoms with E-state index in [0.29, 0.717) is 22.2 Å². The van der Waals surface area contributed by atoms with Crippen LogP contribution in [0.3, 0.4) is 0 Å². The summed E-state index contributed by atoms with van der Waals surface area (Å²) in [5.41, 5.74) is 3.37. The Kier molecular flexibility index (Phi) is 3.28. The van der Waals surface area contributed by atoms with Crippen LogP contribution in [0.2, 0.25) is 0 Å². The monoisotopic (exact) mass is 342 g/mol. The van der Waals surface area contributed by atoms with Gasteiger partial charge in [0.05, 0.1) is 17.3 Å². The van der Waals surface area contributed by atoms with Crippen molar-refractivity contribution in [2.24, 2.45) is 0 Å². The van der Waals surface area contributed by atoms with Crippen molar-refractivity contribution < 1.29 is 13.2 Å². The van der Waals surface area contributed by atoms with Gasteiger partial charge in [0.15, 0.2) is 5.65 Å². The van der Waals surface area contributed by atoms with Crippen LogP contribution in [0.25, 0.3) is 27.7 Å². The number of hydrogen-bond acceptors (Lipinski definition) is 3. The van der Waals surface area contributed by atoms with Crippen LogP contribution >= 0.6 is 0 Å². The highest BCUT2D eigenvalue weighted by Gasteiger charge is 2.30. The van der Waals surface area contributed by atoms with Gasteiger partial charge in [0, 0.05) is 29.0 Å². The number of aromatic nitrogens is 4. The van der Waals surface area contributed by atoms with Gasteiger partial charge in [-0.1, -0.05) is 6.07 Å². The molecule has 1 aromatic carbocycles. The third-order valence-corrected chi connectivity index (χ3v) is 4.04. The van der Waals surface area contributed by atoms with Gasteiger partial charge in [-0.25, -0.2) is 9.50 Å². The van der Waals surface area contributed by atoms with Crippen molar-refractivity contribution in [1.82, 2.24) is 19.6 Å². The molecule has 0 N–H and O–H groups in total. The molecule has 4 rings (SSSR count). The van der Waals surface area contributed by atoms with E-state index in [9.17, 15) is 13.2 Å². The van der Waals surface area contributed by atoms with Crippen molar-refractivity contribution in [1.29, 1.82) is 0 Å². The number of alkyl halides is 3. The quantitative estimate of drug-likeness (QED) is 0.508. The highest BCUT2D eigenvalue weighted by Crippen LogP contribution is 2.35. The first-order chi connectivity index (χ1) is 11.8. The van der Waals surface area contributed by atoms with Crippen LogP contribution in [-0.2, 0) is 6.18 Å². The predicted octanol–water partition coefficient (Wildman–Crippen LogP) is 4.58. The van der Waals surface area contributed by atoms with Gasteiger partial charge in [0.1, 0.15) is 0 Å². The number of nitrogens with zero attached hydrogens (tertiary/aromatic N) is 4. The minimum Gasteiger partial charge on any atom is -0.253 e. The summed E-state index contributed by atoms with van der Waals surface area (Å²) in [7, 11) is 0. The van der Waals surface area contributed by atoms with Gasteiger partial charge in [0.2, 0.25) is 0 Å². The van der Waals surface area contributed by atoms with Crippen molar-refractivity contribution in [3.63, 3.8) is 0 Å². The third-order valence-electron chi connectivity index (χ3n) is 4.04. The molecule has 0 spiro atoms. The Morgan fingerprint density at radius 3 is 2.56 bits per heavy atom. The molecule has 4 aromatic rings. The fourth-order valence-corrected chi connectivity index (χ4v) is 2.92. The fourth-order valence-electron chi connectivity index (χ4n) is 2.92. The highest BCUT2D eigenvalue weighted by atomic mass is 19.4. The van der Waals surface area contributed by atoms with E-state index in [1.54, 1.807) is 23.8 Å². The Morgan fingerprint density at radius 1 is 1.00 bits per heavy atom. The van der Waals surface area contributed by atoms with Crippen molar-refractivity contribution in [3.8, 4) is 11.1 Å². The second kappa shape index (κ2) is 5.27. The van der Waals surface area contributed by atoms with E-state index in [1.807, 2.05) is 19.2 Å². The standard InChI is InChI=1S/C18H13F3N4/c1-10-7-22-17-15(8-23-25(17)9-10)14-5-11(2)24-16-6-12(18(19,20)21)3-4-13(14)16/h3-9H,1-2H3. The predicted molar refractivity (Wildman–Crippen MR) is 88.2 cm³/mol.